The zero-order valence-corrected chi connectivity index (χ0v) is 5.58. The zero-order valence-electron chi connectivity index (χ0n) is 5.58. The van der Waals surface area contributed by atoms with Crippen LogP contribution in [0.3, 0.4) is 0 Å². The lowest BCUT2D eigenvalue weighted by molar-refractivity contribution is -0.159. The summed E-state index contributed by atoms with van der Waals surface area (Å²) in [6.07, 6.45) is -5.57. The highest BCUT2D eigenvalue weighted by atomic mass is 16.4. The minimum Gasteiger partial charge on any atom is -0.479 e. The Morgan fingerprint density at radius 2 is 1.73 bits per heavy atom. The molecule has 0 unspecified atom stereocenters. The first-order valence-electron chi connectivity index (χ1n) is 2.88. The number of hydrogen-bond acceptors (Lipinski definition) is 5. The molecule has 5 N–H and O–H groups in total. The molecule has 66 valence electrons. The summed E-state index contributed by atoms with van der Waals surface area (Å²) in [7, 11) is 0. The highest BCUT2D eigenvalue weighted by Crippen LogP contribution is 1.99. The van der Waals surface area contributed by atoms with Crippen LogP contribution < -0.4 is 0 Å². The molecule has 0 spiro atoms. The molecule has 6 nitrogen and oxygen atoms in total. The SMILES string of the molecule is O=C(O)[C@H](O)[C@H](O)[C@@H](O)CO. The lowest BCUT2D eigenvalue weighted by atomic mass is 10.1. The van der Waals surface area contributed by atoms with Gasteiger partial charge in [-0.15, -0.1) is 0 Å². The maximum atomic E-state index is 9.96. The van der Waals surface area contributed by atoms with Crippen LogP contribution in [0.15, 0.2) is 0 Å². The molecule has 0 rings (SSSR count). The number of carboxylic acid groups (broad SMARTS) is 1. The fourth-order valence-electron chi connectivity index (χ4n) is 0.465. The van der Waals surface area contributed by atoms with Crippen LogP contribution in [0.2, 0.25) is 0 Å². The molecule has 6 heteroatoms. The highest BCUT2D eigenvalue weighted by molar-refractivity contribution is 5.72. The minimum absolute atomic E-state index is 0.800. The molecular weight excluding hydrogens is 156 g/mol. The van der Waals surface area contributed by atoms with Gasteiger partial charge in [-0.1, -0.05) is 0 Å². The number of carbonyl (C=O) groups is 1. The van der Waals surface area contributed by atoms with Gasteiger partial charge in [0.2, 0.25) is 0 Å². The third kappa shape index (κ3) is 2.81. The minimum atomic E-state index is -2.07. The van der Waals surface area contributed by atoms with Crippen molar-refractivity contribution in [3.63, 3.8) is 0 Å². The van der Waals surface area contributed by atoms with E-state index >= 15 is 0 Å². The van der Waals surface area contributed by atoms with Crippen LogP contribution in [-0.2, 0) is 4.79 Å². The van der Waals surface area contributed by atoms with Crippen molar-refractivity contribution in [3.8, 4) is 0 Å². The van der Waals surface area contributed by atoms with Crippen LogP contribution in [-0.4, -0.2) is 56.4 Å². The maximum Gasteiger partial charge on any atom is 0.335 e. The first-order chi connectivity index (χ1) is 5.00. The molecule has 0 bridgehead atoms. The van der Waals surface area contributed by atoms with Gasteiger partial charge < -0.3 is 25.5 Å². The lowest BCUT2D eigenvalue weighted by Gasteiger charge is -2.17. The number of hydrogen-bond donors (Lipinski definition) is 5. The third-order valence-electron chi connectivity index (χ3n) is 1.16. The van der Waals surface area contributed by atoms with Crippen molar-refractivity contribution in [3.05, 3.63) is 0 Å². The molecule has 3 atom stereocenters. The molecule has 0 aliphatic carbocycles. The third-order valence-corrected chi connectivity index (χ3v) is 1.16. The van der Waals surface area contributed by atoms with Crippen LogP contribution in [0.25, 0.3) is 0 Å². The van der Waals surface area contributed by atoms with Gasteiger partial charge in [-0.2, -0.15) is 0 Å². The molecular formula is C5H10O6. The average Bonchev–Trinajstić information content (AvgIpc) is 2.00. The van der Waals surface area contributed by atoms with Gasteiger partial charge in [0.05, 0.1) is 6.61 Å². The summed E-state index contributed by atoms with van der Waals surface area (Å²) in [5.41, 5.74) is 0. The van der Waals surface area contributed by atoms with E-state index in [4.69, 9.17) is 25.5 Å². The zero-order chi connectivity index (χ0) is 9.02. The monoisotopic (exact) mass is 166 g/mol. The predicted molar refractivity (Wildman–Crippen MR) is 32.7 cm³/mol. The first-order valence-corrected chi connectivity index (χ1v) is 2.88. The summed E-state index contributed by atoms with van der Waals surface area (Å²) < 4.78 is 0. The second kappa shape index (κ2) is 4.24. The molecule has 0 heterocycles. The van der Waals surface area contributed by atoms with Gasteiger partial charge in [0.1, 0.15) is 12.2 Å². The fourth-order valence-corrected chi connectivity index (χ4v) is 0.465. The average molecular weight is 166 g/mol. The highest BCUT2D eigenvalue weighted by Gasteiger charge is 2.29. The number of aliphatic hydroxyl groups is 4. The molecule has 11 heavy (non-hydrogen) atoms. The lowest BCUT2D eigenvalue weighted by Crippen LogP contribution is -2.43. The largest absolute Gasteiger partial charge is 0.479 e. The molecule has 0 aromatic heterocycles. The topological polar surface area (TPSA) is 118 Å². The van der Waals surface area contributed by atoms with E-state index in [2.05, 4.69) is 0 Å². The van der Waals surface area contributed by atoms with E-state index in [9.17, 15) is 4.79 Å². The Balaban J connectivity index is 4.00. The predicted octanol–water partition coefficient (Wildman–Crippen LogP) is -2.85. The van der Waals surface area contributed by atoms with Gasteiger partial charge in [0.25, 0.3) is 0 Å². The van der Waals surface area contributed by atoms with Crippen molar-refractivity contribution in [2.24, 2.45) is 0 Å². The second-order valence-corrected chi connectivity index (χ2v) is 2.02. The number of aliphatic hydroxyl groups excluding tert-OH is 4. The van der Waals surface area contributed by atoms with Crippen LogP contribution in [0, 0.1) is 0 Å². The normalized spacial score (nSPS) is 18.9. The molecule has 0 saturated heterocycles. The van der Waals surface area contributed by atoms with Crippen LogP contribution >= 0.6 is 0 Å². The van der Waals surface area contributed by atoms with Crippen molar-refractivity contribution >= 4 is 5.97 Å². The summed E-state index contributed by atoms with van der Waals surface area (Å²) in [6, 6.07) is 0. The molecule has 0 aliphatic heterocycles. The van der Waals surface area contributed by atoms with Crippen molar-refractivity contribution < 1.29 is 30.3 Å². The Bertz CT molecular complexity index is 135. The summed E-state index contributed by atoms with van der Waals surface area (Å²) in [5, 5.41) is 42.2. The number of aliphatic carboxylic acids is 1. The molecule has 0 aromatic carbocycles. The van der Waals surface area contributed by atoms with E-state index in [0.29, 0.717) is 0 Å². The number of carboxylic acids is 1. The molecule has 0 saturated carbocycles. The van der Waals surface area contributed by atoms with Gasteiger partial charge in [-0.05, 0) is 0 Å². The van der Waals surface area contributed by atoms with Crippen LogP contribution in [0.4, 0.5) is 0 Å². The van der Waals surface area contributed by atoms with Gasteiger partial charge in [-0.25, -0.2) is 4.79 Å². The standard InChI is InChI=1S/C5H10O6/c6-1-2(7)3(8)4(9)5(10)11/h2-4,6-9H,1H2,(H,10,11)/t2-,3+,4+/m0/s1. The van der Waals surface area contributed by atoms with Gasteiger partial charge >= 0.3 is 5.97 Å². The van der Waals surface area contributed by atoms with E-state index in [1.807, 2.05) is 0 Å². The number of rotatable bonds is 4. The van der Waals surface area contributed by atoms with Crippen molar-refractivity contribution in [1.82, 2.24) is 0 Å². The molecule has 0 aliphatic rings. The van der Waals surface area contributed by atoms with Crippen molar-refractivity contribution in [2.75, 3.05) is 6.61 Å². The van der Waals surface area contributed by atoms with Crippen LogP contribution in [0.5, 0.6) is 0 Å². The summed E-state index contributed by atoms with van der Waals surface area (Å²) in [5.74, 6) is -1.65. The Labute approximate surface area is 62.3 Å². The molecule has 0 fully saturated rings. The fraction of sp³-hybridized carbons (Fsp3) is 0.800. The molecule has 0 amide bonds. The van der Waals surface area contributed by atoms with E-state index in [-0.39, 0.29) is 0 Å². The second-order valence-electron chi connectivity index (χ2n) is 2.02. The quantitative estimate of drug-likeness (QED) is 0.306. The molecule has 0 aromatic rings. The van der Waals surface area contributed by atoms with E-state index in [0.717, 1.165) is 0 Å². The summed E-state index contributed by atoms with van der Waals surface area (Å²) in [6.45, 7) is -0.800. The Morgan fingerprint density at radius 1 is 1.27 bits per heavy atom. The van der Waals surface area contributed by atoms with E-state index < -0.39 is 30.9 Å². The Hall–Kier alpha value is -0.690. The van der Waals surface area contributed by atoms with Gasteiger partial charge in [0, 0.05) is 0 Å². The Morgan fingerprint density at radius 3 is 2.00 bits per heavy atom. The smallest absolute Gasteiger partial charge is 0.335 e. The maximum absolute atomic E-state index is 9.96. The van der Waals surface area contributed by atoms with E-state index in [1.165, 1.54) is 0 Å². The summed E-state index contributed by atoms with van der Waals surface area (Å²) >= 11 is 0. The first kappa shape index (κ1) is 10.3. The Kier molecular flexibility index (Phi) is 3.98. The van der Waals surface area contributed by atoms with Crippen molar-refractivity contribution in [2.45, 2.75) is 18.3 Å². The van der Waals surface area contributed by atoms with Crippen molar-refractivity contribution in [1.29, 1.82) is 0 Å². The van der Waals surface area contributed by atoms with Gasteiger partial charge in [0.15, 0.2) is 6.10 Å². The van der Waals surface area contributed by atoms with E-state index in [1.54, 1.807) is 0 Å². The molecule has 0 radical (unpaired) electrons. The summed E-state index contributed by atoms with van der Waals surface area (Å²) in [4.78, 5) is 9.96. The van der Waals surface area contributed by atoms with Crippen LogP contribution in [0.1, 0.15) is 0 Å². The van der Waals surface area contributed by atoms with Gasteiger partial charge in [-0.3, -0.25) is 0 Å².